The number of hydrogen-bond acceptors (Lipinski definition) is 5. The van der Waals surface area contributed by atoms with Gasteiger partial charge >= 0.3 is 0 Å². The first-order valence-corrected chi connectivity index (χ1v) is 28.0. The van der Waals surface area contributed by atoms with Crippen LogP contribution >= 0.6 is 22.7 Å². The Hall–Kier alpha value is -9.93. The molecule has 7 heterocycles. The summed E-state index contributed by atoms with van der Waals surface area (Å²) in [5.41, 5.74) is 11.2. The van der Waals surface area contributed by atoms with E-state index in [0.29, 0.717) is 5.56 Å². The Labute approximate surface area is 459 Å². The molecule has 0 aliphatic carbocycles. The van der Waals surface area contributed by atoms with Crippen LogP contribution in [0.2, 0.25) is 0 Å². The summed E-state index contributed by atoms with van der Waals surface area (Å²) in [5, 5.41) is 15.9. The monoisotopic (exact) mass is 1050 g/mol. The number of rotatable bonds is 6. The summed E-state index contributed by atoms with van der Waals surface area (Å²) in [6, 6.07) is 83.8. The summed E-state index contributed by atoms with van der Waals surface area (Å²) in [6.45, 7) is 0. The van der Waals surface area contributed by atoms with Crippen molar-refractivity contribution in [1.29, 1.82) is 0 Å². The van der Waals surface area contributed by atoms with Crippen LogP contribution in [0, 0.1) is 5.82 Å². The number of para-hydroxylation sites is 7. The fourth-order valence-electron chi connectivity index (χ4n) is 12.2. The van der Waals surface area contributed by atoms with Gasteiger partial charge in [0.2, 0.25) is 0 Å². The first-order valence-electron chi connectivity index (χ1n) is 26.3. The minimum absolute atomic E-state index is 0.246. The maximum atomic E-state index is 14.9. The van der Waals surface area contributed by atoms with E-state index in [-0.39, 0.29) is 5.82 Å². The molecule has 10 aromatic carbocycles. The zero-order valence-corrected chi connectivity index (χ0v) is 43.8. The molecule has 0 atom stereocenters. The molecule has 0 aliphatic heterocycles. The van der Waals surface area contributed by atoms with Crippen LogP contribution in [0.25, 0.3) is 134 Å². The molecule has 0 amide bonds. The molecular formula is C70H43FN6S2. The number of hydrogen-bond donors (Lipinski definition) is 1. The molecule has 79 heavy (non-hydrogen) atoms. The van der Waals surface area contributed by atoms with Crippen LogP contribution in [0.5, 0.6) is 0 Å². The van der Waals surface area contributed by atoms with Crippen molar-refractivity contribution in [3.63, 3.8) is 0 Å². The molecule has 372 valence electrons. The van der Waals surface area contributed by atoms with E-state index in [1.807, 2.05) is 60.1 Å². The average molecular weight is 1050 g/mol. The third-order valence-corrected chi connectivity index (χ3v) is 17.9. The molecule has 0 unspecified atom stereocenters. The lowest BCUT2D eigenvalue weighted by atomic mass is 10.0. The maximum absolute atomic E-state index is 14.9. The van der Waals surface area contributed by atoms with Gasteiger partial charge in [-0.1, -0.05) is 170 Å². The quantitative estimate of drug-likeness (QED) is 0.181. The zero-order chi connectivity index (χ0) is 52.1. The van der Waals surface area contributed by atoms with Crippen molar-refractivity contribution in [2.75, 3.05) is 5.32 Å². The minimum atomic E-state index is -0.246. The van der Waals surface area contributed by atoms with Gasteiger partial charge in [-0.25, -0.2) is 14.4 Å². The summed E-state index contributed by atoms with van der Waals surface area (Å²) in [5.74, 6) is 1.64. The van der Waals surface area contributed by atoms with Gasteiger partial charge in [0.25, 0.3) is 0 Å². The van der Waals surface area contributed by atoms with Gasteiger partial charge in [-0.15, -0.1) is 22.7 Å². The molecule has 0 saturated heterocycles. The molecule has 17 aromatic rings. The topological polar surface area (TPSA) is 52.6 Å². The predicted molar refractivity (Wildman–Crippen MR) is 332 cm³/mol. The number of benzene rings is 10. The highest BCUT2D eigenvalue weighted by Crippen LogP contribution is 2.45. The van der Waals surface area contributed by atoms with Gasteiger partial charge in [0.15, 0.2) is 11.6 Å². The van der Waals surface area contributed by atoms with E-state index in [1.165, 1.54) is 79.8 Å². The van der Waals surface area contributed by atoms with Crippen LogP contribution < -0.4 is 5.32 Å². The van der Waals surface area contributed by atoms with Gasteiger partial charge in [0.05, 0.1) is 53.9 Å². The van der Waals surface area contributed by atoms with Crippen LogP contribution in [-0.2, 0) is 0 Å². The largest absolute Gasteiger partial charge is 0.353 e. The second-order valence-electron chi connectivity index (χ2n) is 19.8. The fourth-order valence-corrected chi connectivity index (χ4v) is 14.5. The Morgan fingerprint density at radius 3 is 1.29 bits per heavy atom. The van der Waals surface area contributed by atoms with Crippen LogP contribution in [0.3, 0.4) is 0 Å². The molecule has 6 nitrogen and oxygen atoms in total. The summed E-state index contributed by atoms with van der Waals surface area (Å²) in [6.07, 6.45) is 3.86. The average Bonchev–Trinajstić information content (AvgIpc) is 4.52. The number of nitrogens with one attached hydrogen (secondary N) is 1. The number of aromatic nitrogens is 5. The molecule has 17 rings (SSSR count). The lowest BCUT2D eigenvalue weighted by Crippen LogP contribution is -2.02. The predicted octanol–water partition coefficient (Wildman–Crippen LogP) is 19.7. The SMILES string of the molecule is Fc1ccccc1-c1ccccc1Nc1cccc2c3ccccc3n(-c3nccc4c3sc3ccccc34)c12.c1ccc2c(c1)sc1c(-n3c4ccccc4c4cccc(-n5c6ccccc6c6ccccc65)c43)nccc12. The third-order valence-electron chi connectivity index (χ3n) is 15.5. The number of nitrogens with zero attached hydrogens (tertiary/aromatic N) is 5. The highest BCUT2D eigenvalue weighted by Gasteiger charge is 2.24. The maximum Gasteiger partial charge on any atom is 0.155 e. The third kappa shape index (κ3) is 7.00. The summed E-state index contributed by atoms with van der Waals surface area (Å²) < 4.78 is 26.8. The molecule has 1 N–H and O–H groups in total. The zero-order valence-electron chi connectivity index (χ0n) is 42.2. The van der Waals surface area contributed by atoms with Gasteiger partial charge in [0, 0.05) is 92.5 Å². The molecule has 0 radical (unpaired) electrons. The van der Waals surface area contributed by atoms with E-state index in [0.717, 1.165) is 66.3 Å². The number of halogens is 1. The van der Waals surface area contributed by atoms with E-state index >= 15 is 0 Å². The van der Waals surface area contributed by atoms with Gasteiger partial charge in [-0.3, -0.25) is 9.13 Å². The summed E-state index contributed by atoms with van der Waals surface area (Å²) in [4.78, 5) is 10.0. The van der Waals surface area contributed by atoms with Gasteiger partial charge in [-0.05, 0) is 72.8 Å². The number of pyridine rings is 2. The van der Waals surface area contributed by atoms with Crippen LogP contribution in [0.15, 0.2) is 255 Å². The Kier molecular flexibility index (Phi) is 10.4. The molecular weight excluding hydrogens is 1010 g/mol. The Morgan fingerprint density at radius 1 is 0.316 bits per heavy atom. The van der Waals surface area contributed by atoms with Gasteiger partial charge in [0.1, 0.15) is 5.82 Å². The lowest BCUT2D eigenvalue weighted by Gasteiger charge is -2.16. The van der Waals surface area contributed by atoms with E-state index in [2.05, 4.69) is 213 Å². The molecule has 9 heteroatoms. The van der Waals surface area contributed by atoms with Crippen LogP contribution in [0.1, 0.15) is 0 Å². The Bertz CT molecular complexity index is 5240. The van der Waals surface area contributed by atoms with Crippen molar-refractivity contribution in [3.8, 4) is 28.5 Å². The highest BCUT2D eigenvalue weighted by atomic mass is 32.1. The molecule has 0 saturated carbocycles. The summed E-state index contributed by atoms with van der Waals surface area (Å²) in [7, 11) is 0. The summed E-state index contributed by atoms with van der Waals surface area (Å²) >= 11 is 3.59. The molecule has 0 fully saturated rings. The van der Waals surface area contributed by atoms with Crippen LogP contribution in [0.4, 0.5) is 15.8 Å². The van der Waals surface area contributed by atoms with Crippen molar-refractivity contribution in [3.05, 3.63) is 261 Å². The number of thiophene rings is 2. The van der Waals surface area contributed by atoms with E-state index in [9.17, 15) is 4.39 Å². The molecule has 0 aliphatic rings. The normalized spacial score (nSPS) is 11.9. The standard InChI is InChI=1S/C35H22FN3S.C35H21N3S/c36-28-15-5-1-10-22(28)23-11-2-6-16-29(23)38-30-17-9-14-26-24-12-3-7-18-31(24)39(33(26)30)35-34-27(20-21-37-35)25-13-4-8-19-32(25)40-34;1-5-15-28-22(10-1)23-11-2-6-16-29(23)37(28)31-18-9-14-26-24-12-3-7-17-30(24)38(33(26)31)35-34-27(20-21-36-35)25-13-4-8-19-32(25)39-34/h1-21,38H;1-21H. The van der Waals surface area contributed by atoms with Crippen molar-refractivity contribution >= 4 is 140 Å². The smallest absolute Gasteiger partial charge is 0.155 e. The number of anilines is 2. The van der Waals surface area contributed by atoms with Crippen molar-refractivity contribution in [2.24, 2.45) is 0 Å². The van der Waals surface area contributed by atoms with E-state index in [4.69, 9.17) is 9.97 Å². The highest BCUT2D eigenvalue weighted by molar-refractivity contribution is 7.26. The van der Waals surface area contributed by atoms with Crippen LogP contribution in [-0.4, -0.2) is 23.7 Å². The lowest BCUT2D eigenvalue weighted by molar-refractivity contribution is 0.631. The second kappa shape index (κ2) is 18.1. The molecule has 0 bridgehead atoms. The Balaban J connectivity index is 0.000000132. The van der Waals surface area contributed by atoms with Gasteiger partial charge in [-0.2, -0.15) is 0 Å². The Morgan fingerprint density at radius 2 is 0.722 bits per heavy atom. The van der Waals surface area contributed by atoms with Crippen molar-refractivity contribution in [2.45, 2.75) is 0 Å². The second-order valence-corrected chi connectivity index (χ2v) is 21.9. The van der Waals surface area contributed by atoms with Crippen molar-refractivity contribution < 1.29 is 4.39 Å². The first-order chi connectivity index (χ1) is 39.2. The molecule has 0 spiro atoms. The van der Waals surface area contributed by atoms with E-state index in [1.54, 1.807) is 17.4 Å². The van der Waals surface area contributed by atoms with E-state index < -0.39 is 0 Å². The number of fused-ring (bicyclic) bond motifs is 15. The molecule has 7 aromatic heterocycles. The first kappa shape index (κ1) is 45.3. The van der Waals surface area contributed by atoms with Crippen molar-refractivity contribution in [1.82, 2.24) is 23.7 Å². The van der Waals surface area contributed by atoms with Gasteiger partial charge < -0.3 is 9.88 Å². The fraction of sp³-hybridized carbons (Fsp3) is 0. The minimum Gasteiger partial charge on any atom is -0.353 e.